The van der Waals surface area contributed by atoms with Crippen LogP contribution in [0.5, 0.6) is 0 Å². The van der Waals surface area contributed by atoms with E-state index in [1.807, 2.05) is 20.8 Å². The fourth-order valence-corrected chi connectivity index (χ4v) is 1.65. The fourth-order valence-electron chi connectivity index (χ4n) is 1.65. The van der Waals surface area contributed by atoms with Crippen molar-refractivity contribution in [2.24, 2.45) is 0 Å². The number of benzene rings is 1. The third-order valence-electron chi connectivity index (χ3n) is 2.58. The third-order valence-corrected chi connectivity index (χ3v) is 2.58. The molecule has 1 amide bonds. The molecule has 1 heterocycles. The van der Waals surface area contributed by atoms with Crippen LogP contribution in [0.1, 0.15) is 31.3 Å². The number of aromatic nitrogens is 2. The van der Waals surface area contributed by atoms with Gasteiger partial charge >= 0.3 is 0 Å². The van der Waals surface area contributed by atoms with Gasteiger partial charge in [0.1, 0.15) is 11.6 Å². The number of carbonyl (C=O) groups excluding carboxylic acids is 1. The van der Waals surface area contributed by atoms with Crippen molar-refractivity contribution in [2.45, 2.75) is 26.3 Å². The molecule has 0 radical (unpaired) electrons. The van der Waals surface area contributed by atoms with Crippen LogP contribution in [0.4, 0.5) is 20.3 Å². The molecule has 0 aliphatic carbocycles. The number of rotatable bonds is 3. The van der Waals surface area contributed by atoms with Gasteiger partial charge in [0.05, 0.1) is 5.69 Å². The van der Waals surface area contributed by atoms with Gasteiger partial charge in [0.2, 0.25) is 0 Å². The van der Waals surface area contributed by atoms with Crippen LogP contribution in [0.3, 0.4) is 0 Å². The van der Waals surface area contributed by atoms with Gasteiger partial charge in [0, 0.05) is 11.6 Å². The van der Waals surface area contributed by atoms with Crippen LogP contribution in [0.25, 0.3) is 0 Å². The smallest absolute Gasteiger partial charge is 0.272 e. The van der Waals surface area contributed by atoms with E-state index in [2.05, 4.69) is 20.8 Å². The maximum Gasteiger partial charge on any atom is 0.272 e. The predicted molar refractivity (Wildman–Crippen MR) is 78.9 cm³/mol. The van der Waals surface area contributed by atoms with E-state index < -0.39 is 11.6 Å². The Balaban J connectivity index is 2.10. The lowest BCUT2D eigenvalue weighted by atomic mass is 10.1. The van der Waals surface area contributed by atoms with Crippen LogP contribution in [0.15, 0.2) is 30.3 Å². The normalized spacial score (nSPS) is 11.1. The molecule has 2 N–H and O–H groups in total. The first-order chi connectivity index (χ1) is 10.2. The lowest BCUT2D eigenvalue weighted by molar-refractivity contribution is 0.0913. The van der Waals surface area contributed by atoms with Crippen molar-refractivity contribution in [3.05, 3.63) is 47.7 Å². The Labute approximate surface area is 126 Å². The maximum absolute atomic E-state index is 13.5. The number of halogens is 2. The zero-order valence-electron chi connectivity index (χ0n) is 12.4. The zero-order chi connectivity index (χ0) is 16.3. The molecule has 0 saturated carbocycles. The van der Waals surface area contributed by atoms with Gasteiger partial charge in [-0.05, 0) is 45.0 Å². The molecule has 0 unspecified atom stereocenters. The van der Waals surface area contributed by atoms with Crippen molar-refractivity contribution >= 4 is 17.4 Å². The molecule has 0 atom stereocenters. The third kappa shape index (κ3) is 4.21. The summed E-state index contributed by atoms with van der Waals surface area (Å²) < 4.78 is 26.3. The Morgan fingerprint density at radius 2 is 1.82 bits per heavy atom. The van der Waals surface area contributed by atoms with Gasteiger partial charge < -0.3 is 10.6 Å². The van der Waals surface area contributed by atoms with Gasteiger partial charge in [-0.25, -0.2) is 8.78 Å². The number of hydrogen-bond acceptors (Lipinski definition) is 4. The molecule has 0 fully saturated rings. The first kappa shape index (κ1) is 15.8. The lowest BCUT2D eigenvalue weighted by Gasteiger charge is -2.19. The standard InChI is InChI=1S/C15H16F2N4O/c1-15(2,3)19-14(22)12-6-7-13(21-20-12)18-11-5-4-9(16)8-10(11)17/h4-8H,1-3H3,(H,18,21)(H,19,22). The van der Waals surface area contributed by atoms with Gasteiger partial charge in [0.15, 0.2) is 11.5 Å². The van der Waals surface area contributed by atoms with Crippen molar-refractivity contribution in [1.82, 2.24) is 15.5 Å². The number of nitrogens with one attached hydrogen (secondary N) is 2. The molecule has 0 saturated heterocycles. The second kappa shape index (κ2) is 6.05. The molecular formula is C15H16F2N4O. The first-order valence-corrected chi connectivity index (χ1v) is 6.63. The van der Waals surface area contributed by atoms with Gasteiger partial charge in [-0.3, -0.25) is 4.79 Å². The largest absolute Gasteiger partial charge is 0.346 e. The summed E-state index contributed by atoms with van der Waals surface area (Å²) >= 11 is 0. The van der Waals surface area contributed by atoms with Gasteiger partial charge in [-0.15, -0.1) is 10.2 Å². The summed E-state index contributed by atoms with van der Waals surface area (Å²) in [5, 5.41) is 13.0. The van der Waals surface area contributed by atoms with Crippen molar-refractivity contribution in [3.8, 4) is 0 Å². The van der Waals surface area contributed by atoms with E-state index in [1.54, 1.807) is 0 Å². The Morgan fingerprint density at radius 3 is 2.36 bits per heavy atom. The highest BCUT2D eigenvalue weighted by atomic mass is 19.1. The summed E-state index contributed by atoms with van der Waals surface area (Å²) in [5.74, 6) is -1.50. The molecule has 2 rings (SSSR count). The molecule has 5 nitrogen and oxygen atoms in total. The summed E-state index contributed by atoms with van der Waals surface area (Å²) in [6.45, 7) is 5.56. The number of carbonyl (C=O) groups is 1. The topological polar surface area (TPSA) is 66.9 Å². The van der Waals surface area contributed by atoms with Crippen LogP contribution >= 0.6 is 0 Å². The van der Waals surface area contributed by atoms with Crippen molar-refractivity contribution in [2.75, 3.05) is 5.32 Å². The first-order valence-electron chi connectivity index (χ1n) is 6.63. The van der Waals surface area contributed by atoms with E-state index >= 15 is 0 Å². The minimum absolute atomic E-state index is 0.0718. The van der Waals surface area contributed by atoms with Crippen LogP contribution in [0.2, 0.25) is 0 Å². The molecule has 116 valence electrons. The zero-order valence-corrected chi connectivity index (χ0v) is 12.4. The Kier molecular flexibility index (Phi) is 4.35. The highest BCUT2D eigenvalue weighted by Crippen LogP contribution is 2.19. The molecule has 1 aromatic heterocycles. The van der Waals surface area contributed by atoms with Crippen molar-refractivity contribution in [3.63, 3.8) is 0 Å². The number of hydrogen-bond donors (Lipinski definition) is 2. The van der Waals surface area contributed by atoms with Crippen LogP contribution in [-0.4, -0.2) is 21.6 Å². The SMILES string of the molecule is CC(C)(C)NC(=O)c1ccc(Nc2ccc(F)cc2F)nn1. The van der Waals surface area contributed by atoms with E-state index in [4.69, 9.17) is 0 Å². The van der Waals surface area contributed by atoms with E-state index in [0.29, 0.717) is 0 Å². The van der Waals surface area contributed by atoms with Crippen molar-refractivity contribution < 1.29 is 13.6 Å². The minimum atomic E-state index is -0.739. The monoisotopic (exact) mass is 306 g/mol. The summed E-state index contributed by atoms with van der Waals surface area (Å²) in [4.78, 5) is 11.9. The van der Waals surface area contributed by atoms with E-state index in [-0.39, 0.29) is 28.6 Å². The van der Waals surface area contributed by atoms with Crippen LogP contribution < -0.4 is 10.6 Å². The summed E-state index contributed by atoms with van der Waals surface area (Å²) in [6, 6.07) is 6.11. The summed E-state index contributed by atoms with van der Waals surface area (Å²) in [6.07, 6.45) is 0. The van der Waals surface area contributed by atoms with Crippen LogP contribution in [0, 0.1) is 11.6 Å². The van der Waals surface area contributed by atoms with E-state index in [1.165, 1.54) is 18.2 Å². The Bertz CT molecular complexity index is 681. The Morgan fingerprint density at radius 1 is 1.09 bits per heavy atom. The van der Waals surface area contributed by atoms with E-state index in [9.17, 15) is 13.6 Å². The molecule has 0 spiro atoms. The predicted octanol–water partition coefficient (Wildman–Crippen LogP) is 3.03. The number of nitrogens with zero attached hydrogens (tertiary/aromatic N) is 2. The van der Waals surface area contributed by atoms with Gasteiger partial charge in [-0.1, -0.05) is 0 Å². The Hall–Kier alpha value is -2.57. The number of anilines is 2. The highest BCUT2D eigenvalue weighted by molar-refractivity contribution is 5.92. The molecule has 0 aliphatic rings. The fraction of sp³-hybridized carbons (Fsp3) is 0.267. The van der Waals surface area contributed by atoms with Crippen LogP contribution in [-0.2, 0) is 0 Å². The average Bonchev–Trinajstić information content (AvgIpc) is 2.41. The molecule has 0 bridgehead atoms. The minimum Gasteiger partial charge on any atom is -0.346 e. The molecule has 2 aromatic rings. The van der Waals surface area contributed by atoms with E-state index in [0.717, 1.165) is 12.1 Å². The molecule has 1 aromatic carbocycles. The lowest BCUT2D eigenvalue weighted by Crippen LogP contribution is -2.41. The maximum atomic E-state index is 13.5. The van der Waals surface area contributed by atoms with Crippen molar-refractivity contribution in [1.29, 1.82) is 0 Å². The molecule has 7 heteroatoms. The average molecular weight is 306 g/mol. The summed E-state index contributed by atoms with van der Waals surface area (Å²) in [5.41, 5.74) is -0.157. The number of amides is 1. The summed E-state index contributed by atoms with van der Waals surface area (Å²) in [7, 11) is 0. The second-order valence-corrected chi connectivity index (χ2v) is 5.76. The van der Waals surface area contributed by atoms with Gasteiger partial charge in [-0.2, -0.15) is 0 Å². The molecule has 0 aliphatic heterocycles. The second-order valence-electron chi connectivity index (χ2n) is 5.76. The quantitative estimate of drug-likeness (QED) is 0.914. The molecule has 22 heavy (non-hydrogen) atoms. The highest BCUT2D eigenvalue weighted by Gasteiger charge is 2.16. The van der Waals surface area contributed by atoms with Gasteiger partial charge in [0.25, 0.3) is 5.91 Å². The molecular weight excluding hydrogens is 290 g/mol.